The first-order valence-electron chi connectivity index (χ1n) is 6.71. The van der Waals surface area contributed by atoms with Gasteiger partial charge in [-0.3, -0.25) is 9.78 Å². The minimum Gasteiger partial charge on any atom is -0.481 e. The smallest absolute Gasteiger partial charge is 0.303 e. The number of pyridine rings is 1. The zero-order valence-corrected chi connectivity index (χ0v) is 12.6. The number of carboxylic acids is 1. The fraction of sp³-hybridized carbons (Fsp3) is 0.200. The molecule has 0 bridgehead atoms. The second-order valence-corrected chi connectivity index (χ2v) is 6.43. The van der Waals surface area contributed by atoms with E-state index in [9.17, 15) is 13.2 Å². The maximum Gasteiger partial charge on any atom is 0.303 e. The standard InChI is InChI=1S/C15H16N2O4S/c18-15(19)4-2-10-17-22(20,21)14-7-5-12(6-8-14)13-3-1-9-16-11-13/h1,3,5-9,11,17H,2,4,10H2,(H,18,19). The van der Waals surface area contributed by atoms with E-state index < -0.39 is 16.0 Å². The fourth-order valence-corrected chi connectivity index (χ4v) is 2.96. The van der Waals surface area contributed by atoms with Crippen molar-refractivity contribution in [2.45, 2.75) is 17.7 Å². The molecule has 0 atom stereocenters. The third kappa shape index (κ3) is 4.37. The monoisotopic (exact) mass is 320 g/mol. The Labute approximate surface area is 128 Å². The Kier molecular flexibility index (Phi) is 5.24. The van der Waals surface area contributed by atoms with Crippen molar-refractivity contribution in [2.24, 2.45) is 0 Å². The van der Waals surface area contributed by atoms with Gasteiger partial charge in [0.25, 0.3) is 0 Å². The van der Waals surface area contributed by atoms with Gasteiger partial charge < -0.3 is 5.11 Å². The molecule has 0 saturated heterocycles. The lowest BCUT2D eigenvalue weighted by Crippen LogP contribution is -2.25. The van der Waals surface area contributed by atoms with Gasteiger partial charge in [0.15, 0.2) is 0 Å². The topological polar surface area (TPSA) is 96.4 Å². The zero-order valence-electron chi connectivity index (χ0n) is 11.8. The molecule has 0 amide bonds. The molecule has 0 fully saturated rings. The quantitative estimate of drug-likeness (QED) is 0.759. The van der Waals surface area contributed by atoms with Gasteiger partial charge in [0, 0.05) is 25.4 Å². The van der Waals surface area contributed by atoms with E-state index in [1.807, 2.05) is 12.1 Å². The summed E-state index contributed by atoms with van der Waals surface area (Å²) in [5.41, 5.74) is 1.78. The Morgan fingerprint density at radius 3 is 2.45 bits per heavy atom. The number of nitrogens with zero attached hydrogens (tertiary/aromatic N) is 1. The molecule has 1 aromatic carbocycles. The van der Waals surface area contributed by atoms with Crippen molar-refractivity contribution in [3.8, 4) is 11.1 Å². The van der Waals surface area contributed by atoms with Gasteiger partial charge in [0.1, 0.15) is 0 Å². The van der Waals surface area contributed by atoms with Crippen molar-refractivity contribution in [2.75, 3.05) is 6.54 Å². The Bertz CT molecular complexity index is 728. The number of carbonyl (C=O) groups is 1. The molecule has 22 heavy (non-hydrogen) atoms. The van der Waals surface area contributed by atoms with Gasteiger partial charge in [0.2, 0.25) is 10.0 Å². The minimum atomic E-state index is -3.62. The highest BCUT2D eigenvalue weighted by Gasteiger charge is 2.13. The Morgan fingerprint density at radius 1 is 1.14 bits per heavy atom. The number of nitrogens with one attached hydrogen (secondary N) is 1. The summed E-state index contributed by atoms with van der Waals surface area (Å²) in [4.78, 5) is 14.6. The summed E-state index contributed by atoms with van der Waals surface area (Å²) in [5, 5.41) is 8.52. The molecule has 0 aliphatic carbocycles. The predicted octanol–water partition coefficient (Wildman–Crippen LogP) is 1.89. The molecule has 116 valence electrons. The number of benzene rings is 1. The van der Waals surface area contributed by atoms with Gasteiger partial charge in [-0.15, -0.1) is 0 Å². The number of sulfonamides is 1. The molecule has 0 spiro atoms. The number of hydrogen-bond acceptors (Lipinski definition) is 4. The van der Waals surface area contributed by atoms with E-state index in [0.29, 0.717) is 0 Å². The number of carboxylic acid groups (broad SMARTS) is 1. The maximum absolute atomic E-state index is 12.1. The van der Waals surface area contributed by atoms with Crippen LogP contribution in [0.2, 0.25) is 0 Å². The normalized spacial score (nSPS) is 11.3. The predicted molar refractivity (Wildman–Crippen MR) is 81.7 cm³/mol. The molecule has 0 radical (unpaired) electrons. The average Bonchev–Trinajstić information content (AvgIpc) is 2.52. The summed E-state index contributed by atoms with van der Waals surface area (Å²) in [6, 6.07) is 10.2. The van der Waals surface area contributed by atoms with E-state index in [-0.39, 0.29) is 24.3 Å². The van der Waals surface area contributed by atoms with Crippen LogP contribution in [0.25, 0.3) is 11.1 Å². The molecule has 0 aliphatic rings. The van der Waals surface area contributed by atoms with E-state index in [0.717, 1.165) is 11.1 Å². The van der Waals surface area contributed by atoms with Gasteiger partial charge in [-0.05, 0) is 35.7 Å². The lowest BCUT2D eigenvalue weighted by Gasteiger charge is -2.07. The molecule has 1 heterocycles. The van der Waals surface area contributed by atoms with E-state index in [1.165, 1.54) is 12.1 Å². The van der Waals surface area contributed by atoms with Crippen molar-refractivity contribution in [3.63, 3.8) is 0 Å². The van der Waals surface area contributed by atoms with E-state index >= 15 is 0 Å². The summed E-state index contributed by atoms with van der Waals surface area (Å²) in [6.45, 7) is 0.0962. The lowest BCUT2D eigenvalue weighted by molar-refractivity contribution is -0.137. The highest BCUT2D eigenvalue weighted by atomic mass is 32.2. The van der Waals surface area contributed by atoms with Crippen LogP contribution < -0.4 is 4.72 Å². The second kappa shape index (κ2) is 7.15. The highest BCUT2D eigenvalue weighted by Crippen LogP contribution is 2.20. The van der Waals surface area contributed by atoms with Crippen LogP contribution in [-0.4, -0.2) is 31.0 Å². The first kappa shape index (κ1) is 16.1. The molecule has 6 nitrogen and oxygen atoms in total. The molecule has 2 rings (SSSR count). The largest absolute Gasteiger partial charge is 0.481 e. The maximum atomic E-state index is 12.1. The van der Waals surface area contributed by atoms with Crippen LogP contribution in [0.3, 0.4) is 0 Å². The number of rotatable bonds is 7. The number of aliphatic carboxylic acids is 1. The minimum absolute atomic E-state index is 0.0670. The third-order valence-corrected chi connectivity index (χ3v) is 4.50. The molecule has 2 aromatic rings. The Morgan fingerprint density at radius 2 is 1.86 bits per heavy atom. The average molecular weight is 320 g/mol. The molecule has 0 aliphatic heterocycles. The summed E-state index contributed by atoms with van der Waals surface area (Å²) < 4.78 is 26.5. The first-order valence-corrected chi connectivity index (χ1v) is 8.19. The van der Waals surface area contributed by atoms with Crippen molar-refractivity contribution < 1.29 is 18.3 Å². The van der Waals surface area contributed by atoms with Crippen LogP contribution in [0, 0.1) is 0 Å². The molecule has 2 N–H and O–H groups in total. The van der Waals surface area contributed by atoms with Crippen LogP contribution in [0.4, 0.5) is 0 Å². The summed E-state index contributed by atoms with van der Waals surface area (Å²) in [6.07, 6.45) is 3.56. The van der Waals surface area contributed by atoms with Gasteiger partial charge in [0.05, 0.1) is 4.90 Å². The van der Waals surface area contributed by atoms with Crippen molar-refractivity contribution in [1.82, 2.24) is 9.71 Å². The Hall–Kier alpha value is -2.25. The number of hydrogen-bond donors (Lipinski definition) is 2. The SMILES string of the molecule is O=C(O)CCCNS(=O)(=O)c1ccc(-c2cccnc2)cc1. The van der Waals surface area contributed by atoms with Crippen LogP contribution in [0.1, 0.15) is 12.8 Å². The summed E-state index contributed by atoms with van der Waals surface area (Å²) in [7, 11) is -3.62. The molecular formula is C15H16N2O4S. The fourth-order valence-electron chi connectivity index (χ4n) is 1.89. The number of aromatic nitrogens is 1. The van der Waals surface area contributed by atoms with Crippen LogP contribution in [0.5, 0.6) is 0 Å². The molecule has 0 saturated carbocycles. The van der Waals surface area contributed by atoms with Gasteiger partial charge in [-0.25, -0.2) is 13.1 Å². The lowest BCUT2D eigenvalue weighted by atomic mass is 10.1. The van der Waals surface area contributed by atoms with Crippen molar-refractivity contribution in [1.29, 1.82) is 0 Å². The first-order chi connectivity index (χ1) is 10.5. The summed E-state index contributed by atoms with van der Waals surface area (Å²) in [5.74, 6) is -0.944. The van der Waals surface area contributed by atoms with E-state index in [4.69, 9.17) is 5.11 Å². The van der Waals surface area contributed by atoms with Crippen molar-refractivity contribution >= 4 is 16.0 Å². The summed E-state index contributed by atoms with van der Waals surface area (Å²) >= 11 is 0. The highest BCUT2D eigenvalue weighted by molar-refractivity contribution is 7.89. The van der Waals surface area contributed by atoms with Crippen molar-refractivity contribution in [3.05, 3.63) is 48.8 Å². The third-order valence-electron chi connectivity index (χ3n) is 3.02. The van der Waals surface area contributed by atoms with Gasteiger partial charge in [-0.2, -0.15) is 0 Å². The second-order valence-electron chi connectivity index (χ2n) is 4.66. The zero-order chi connectivity index (χ0) is 16.0. The van der Waals surface area contributed by atoms with Crippen LogP contribution >= 0.6 is 0 Å². The molecule has 1 aromatic heterocycles. The van der Waals surface area contributed by atoms with E-state index in [2.05, 4.69) is 9.71 Å². The molecule has 0 unspecified atom stereocenters. The Balaban J connectivity index is 2.04. The van der Waals surface area contributed by atoms with Crippen LogP contribution in [0.15, 0.2) is 53.7 Å². The van der Waals surface area contributed by atoms with Gasteiger partial charge >= 0.3 is 5.97 Å². The van der Waals surface area contributed by atoms with Crippen LogP contribution in [-0.2, 0) is 14.8 Å². The van der Waals surface area contributed by atoms with Gasteiger partial charge in [-0.1, -0.05) is 18.2 Å². The van der Waals surface area contributed by atoms with E-state index in [1.54, 1.807) is 24.5 Å². The molecule has 7 heteroatoms. The molecular weight excluding hydrogens is 304 g/mol.